The van der Waals surface area contributed by atoms with E-state index in [0.717, 1.165) is 44.7 Å². The van der Waals surface area contributed by atoms with Crippen LogP contribution in [0.4, 0.5) is 0 Å². The Morgan fingerprint density at radius 1 is 1.00 bits per heavy atom. The molecule has 0 spiro atoms. The summed E-state index contributed by atoms with van der Waals surface area (Å²) in [5.41, 5.74) is 1.02. The Bertz CT molecular complexity index is 854. The molecule has 4 rings (SSSR count). The van der Waals surface area contributed by atoms with Crippen molar-refractivity contribution in [2.24, 2.45) is 34.5 Å². The van der Waals surface area contributed by atoms with Crippen LogP contribution in [0.3, 0.4) is 0 Å². The smallest absolute Gasteiger partial charge is 0.167 e. The lowest BCUT2D eigenvalue weighted by Gasteiger charge is -2.61. The van der Waals surface area contributed by atoms with E-state index < -0.39 is 0 Å². The number of carbonyl (C=O) groups excluding carboxylic acids is 1. The lowest BCUT2D eigenvalue weighted by Crippen LogP contribution is -2.58. The van der Waals surface area contributed by atoms with Crippen molar-refractivity contribution >= 4 is 5.78 Å². The standard InChI is InChI=1S/C29H46N2O3/c1-20-22(19-31-13-11-30(5)12-14-31)17-25-28(2,3)9-8-10-29(25,4)26(20)27(32)21-15-23(33-6)18-24(16-21)34-7/h15-16,18,20,22,25-26H,8-14,17,19H2,1-7H3. The molecule has 1 heterocycles. The summed E-state index contributed by atoms with van der Waals surface area (Å²) in [7, 11) is 5.52. The molecule has 0 N–H and O–H groups in total. The van der Waals surface area contributed by atoms with Gasteiger partial charge in [-0.2, -0.15) is 0 Å². The number of ether oxygens (including phenoxy) is 2. The minimum atomic E-state index is 0.0140. The Labute approximate surface area is 207 Å². The summed E-state index contributed by atoms with van der Waals surface area (Å²) >= 11 is 0. The van der Waals surface area contributed by atoms with Crippen molar-refractivity contribution in [1.82, 2.24) is 9.80 Å². The molecule has 1 aliphatic heterocycles. The van der Waals surface area contributed by atoms with E-state index in [1.54, 1.807) is 14.2 Å². The second-order valence-corrected chi connectivity index (χ2v) is 12.3. The second kappa shape index (κ2) is 9.81. The Balaban J connectivity index is 1.69. The van der Waals surface area contributed by atoms with Crippen LogP contribution in [0.5, 0.6) is 11.5 Å². The van der Waals surface area contributed by atoms with Gasteiger partial charge in [0.15, 0.2) is 5.78 Å². The number of ketones is 1. The fraction of sp³-hybridized carbons (Fsp3) is 0.759. The summed E-state index contributed by atoms with van der Waals surface area (Å²) in [6.45, 7) is 15.4. The first-order valence-electron chi connectivity index (χ1n) is 13.3. The van der Waals surface area contributed by atoms with E-state index in [1.807, 2.05) is 18.2 Å². The molecule has 34 heavy (non-hydrogen) atoms. The number of likely N-dealkylation sites (N-methyl/N-ethyl adjacent to an activating group) is 1. The summed E-state index contributed by atoms with van der Waals surface area (Å²) in [6.07, 6.45) is 4.85. The van der Waals surface area contributed by atoms with Crippen LogP contribution in [0.1, 0.15) is 63.7 Å². The Kier molecular flexibility index (Phi) is 7.36. The topological polar surface area (TPSA) is 42.0 Å². The zero-order chi connectivity index (χ0) is 24.7. The third-order valence-corrected chi connectivity index (χ3v) is 9.80. The van der Waals surface area contributed by atoms with Gasteiger partial charge in [0.25, 0.3) is 0 Å². The van der Waals surface area contributed by atoms with E-state index in [4.69, 9.17) is 9.47 Å². The van der Waals surface area contributed by atoms with Crippen LogP contribution in [-0.2, 0) is 0 Å². The van der Waals surface area contributed by atoms with E-state index in [0.29, 0.717) is 29.3 Å². The van der Waals surface area contributed by atoms with Crippen LogP contribution in [0.15, 0.2) is 18.2 Å². The van der Waals surface area contributed by atoms with Gasteiger partial charge in [0, 0.05) is 50.3 Å². The van der Waals surface area contributed by atoms with Gasteiger partial charge in [0.2, 0.25) is 0 Å². The number of benzene rings is 1. The van der Waals surface area contributed by atoms with Crippen molar-refractivity contribution in [1.29, 1.82) is 0 Å². The predicted octanol–water partition coefficient (Wildman–Crippen LogP) is 5.24. The monoisotopic (exact) mass is 470 g/mol. The van der Waals surface area contributed by atoms with E-state index in [9.17, 15) is 4.79 Å². The number of piperazine rings is 1. The SMILES string of the molecule is COc1cc(OC)cc(C(=O)C2C(C)C(CN3CCN(C)CC3)CC3C(C)(C)CCCC23C)c1. The van der Waals surface area contributed by atoms with Gasteiger partial charge in [-0.15, -0.1) is 0 Å². The van der Waals surface area contributed by atoms with Gasteiger partial charge in [-0.05, 0) is 67.0 Å². The zero-order valence-electron chi connectivity index (χ0n) is 22.5. The summed E-state index contributed by atoms with van der Waals surface area (Å²) in [5.74, 6) is 3.11. The molecule has 3 aliphatic rings. The van der Waals surface area contributed by atoms with Gasteiger partial charge in [-0.3, -0.25) is 4.79 Å². The first-order valence-corrected chi connectivity index (χ1v) is 13.3. The Hall–Kier alpha value is -1.59. The summed E-state index contributed by atoms with van der Waals surface area (Å²) in [6, 6.07) is 5.67. The van der Waals surface area contributed by atoms with Crippen molar-refractivity contribution < 1.29 is 14.3 Å². The molecule has 0 aromatic heterocycles. The van der Waals surface area contributed by atoms with Crippen LogP contribution in [0, 0.1) is 34.5 Å². The summed E-state index contributed by atoms with van der Waals surface area (Å²) < 4.78 is 11.0. The van der Waals surface area contributed by atoms with E-state index in [1.165, 1.54) is 19.3 Å². The van der Waals surface area contributed by atoms with Gasteiger partial charge in [-0.25, -0.2) is 0 Å². The van der Waals surface area contributed by atoms with Crippen LogP contribution in [0.25, 0.3) is 0 Å². The molecule has 5 unspecified atom stereocenters. The fourth-order valence-corrected chi connectivity index (χ4v) is 7.79. The molecule has 5 nitrogen and oxygen atoms in total. The zero-order valence-corrected chi connectivity index (χ0v) is 22.5. The van der Waals surface area contributed by atoms with Gasteiger partial charge in [0.1, 0.15) is 11.5 Å². The van der Waals surface area contributed by atoms with Gasteiger partial charge >= 0.3 is 0 Å². The number of hydrogen-bond donors (Lipinski definition) is 0. The number of fused-ring (bicyclic) bond motifs is 1. The summed E-state index contributed by atoms with van der Waals surface area (Å²) in [4.78, 5) is 19.4. The van der Waals surface area contributed by atoms with E-state index in [2.05, 4.69) is 44.5 Å². The van der Waals surface area contributed by atoms with Crippen molar-refractivity contribution in [3.63, 3.8) is 0 Å². The maximum Gasteiger partial charge on any atom is 0.167 e. The molecule has 190 valence electrons. The Morgan fingerprint density at radius 3 is 2.21 bits per heavy atom. The lowest BCUT2D eigenvalue weighted by molar-refractivity contribution is -0.107. The highest BCUT2D eigenvalue weighted by molar-refractivity contribution is 5.99. The van der Waals surface area contributed by atoms with Gasteiger partial charge in [0.05, 0.1) is 14.2 Å². The third-order valence-electron chi connectivity index (χ3n) is 9.80. The molecular formula is C29H46N2O3. The highest BCUT2D eigenvalue weighted by Crippen LogP contribution is 2.63. The fourth-order valence-electron chi connectivity index (χ4n) is 7.79. The van der Waals surface area contributed by atoms with Crippen molar-refractivity contribution in [3.8, 4) is 11.5 Å². The Morgan fingerprint density at radius 2 is 1.62 bits per heavy atom. The van der Waals surface area contributed by atoms with Crippen molar-refractivity contribution in [2.75, 3.05) is 54.0 Å². The molecular weight excluding hydrogens is 424 g/mol. The molecule has 0 amide bonds. The van der Waals surface area contributed by atoms with E-state index >= 15 is 0 Å². The molecule has 5 heteroatoms. The molecule has 0 bridgehead atoms. The molecule has 1 aromatic carbocycles. The molecule has 5 atom stereocenters. The van der Waals surface area contributed by atoms with Gasteiger partial charge < -0.3 is 19.3 Å². The maximum absolute atomic E-state index is 14.4. The normalized spacial score (nSPS) is 34.3. The molecule has 1 aromatic rings. The number of methoxy groups -OCH3 is 2. The molecule has 2 saturated carbocycles. The van der Waals surface area contributed by atoms with Crippen LogP contribution in [0.2, 0.25) is 0 Å². The van der Waals surface area contributed by atoms with Crippen LogP contribution in [-0.4, -0.2) is 69.6 Å². The first kappa shape index (κ1) is 25.5. The molecule has 0 radical (unpaired) electrons. The molecule has 3 fully saturated rings. The lowest BCUT2D eigenvalue weighted by atomic mass is 9.44. The largest absolute Gasteiger partial charge is 0.497 e. The third kappa shape index (κ3) is 4.75. The van der Waals surface area contributed by atoms with Crippen molar-refractivity contribution in [3.05, 3.63) is 23.8 Å². The number of hydrogen-bond acceptors (Lipinski definition) is 5. The number of carbonyl (C=O) groups is 1. The summed E-state index contributed by atoms with van der Waals surface area (Å²) in [5, 5.41) is 0. The minimum Gasteiger partial charge on any atom is -0.497 e. The highest BCUT2D eigenvalue weighted by Gasteiger charge is 2.58. The minimum absolute atomic E-state index is 0.0140. The number of nitrogens with zero attached hydrogens (tertiary/aromatic N) is 2. The highest BCUT2D eigenvalue weighted by atomic mass is 16.5. The average molecular weight is 471 g/mol. The number of Topliss-reactive ketones (excluding diaryl/α,β-unsaturated/α-hetero) is 1. The predicted molar refractivity (Wildman–Crippen MR) is 138 cm³/mol. The molecule has 1 saturated heterocycles. The number of rotatable bonds is 6. The second-order valence-electron chi connectivity index (χ2n) is 12.3. The van der Waals surface area contributed by atoms with Crippen LogP contribution >= 0.6 is 0 Å². The van der Waals surface area contributed by atoms with Crippen molar-refractivity contribution in [2.45, 2.75) is 53.4 Å². The van der Waals surface area contributed by atoms with Crippen LogP contribution < -0.4 is 9.47 Å². The quantitative estimate of drug-likeness (QED) is 0.532. The first-order chi connectivity index (χ1) is 16.1. The van der Waals surface area contributed by atoms with E-state index in [-0.39, 0.29) is 22.5 Å². The van der Waals surface area contributed by atoms with Gasteiger partial charge in [-0.1, -0.05) is 34.1 Å². The maximum atomic E-state index is 14.4. The average Bonchev–Trinajstić information content (AvgIpc) is 2.80. The molecule has 2 aliphatic carbocycles.